The molecule has 0 bridgehead atoms. The summed E-state index contributed by atoms with van der Waals surface area (Å²) in [6, 6.07) is 6.10. The summed E-state index contributed by atoms with van der Waals surface area (Å²) < 4.78 is 5.65. The van der Waals surface area contributed by atoms with E-state index in [1.807, 2.05) is 12.1 Å². The smallest absolute Gasteiger partial charge is 0.0825 e. The SMILES string of the molecule is CCC1OCCc2ccc(Cl)cc21. The zero-order chi connectivity index (χ0) is 9.26. The van der Waals surface area contributed by atoms with E-state index < -0.39 is 0 Å². The number of fused-ring (bicyclic) bond motifs is 1. The van der Waals surface area contributed by atoms with Crippen LogP contribution in [0.5, 0.6) is 0 Å². The molecular weight excluding hydrogens is 184 g/mol. The van der Waals surface area contributed by atoms with Crippen molar-refractivity contribution < 1.29 is 4.74 Å². The molecule has 0 radical (unpaired) electrons. The maximum absolute atomic E-state index is 5.94. The summed E-state index contributed by atoms with van der Waals surface area (Å²) >= 11 is 5.94. The Morgan fingerprint density at radius 3 is 3.15 bits per heavy atom. The van der Waals surface area contributed by atoms with Crippen LogP contribution in [0.1, 0.15) is 30.6 Å². The summed E-state index contributed by atoms with van der Waals surface area (Å²) in [6.07, 6.45) is 2.29. The van der Waals surface area contributed by atoms with Crippen molar-refractivity contribution >= 4 is 11.6 Å². The van der Waals surface area contributed by atoms with Gasteiger partial charge in [0.2, 0.25) is 0 Å². The molecule has 1 heterocycles. The lowest BCUT2D eigenvalue weighted by Crippen LogP contribution is -2.15. The van der Waals surface area contributed by atoms with Gasteiger partial charge in [-0.25, -0.2) is 0 Å². The Morgan fingerprint density at radius 1 is 1.54 bits per heavy atom. The lowest BCUT2D eigenvalue weighted by molar-refractivity contribution is 0.0399. The second-order valence-corrected chi connectivity index (χ2v) is 3.80. The number of hydrogen-bond acceptors (Lipinski definition) is 1. The van der Waals surface area contributed by atoms with Crippen molar-refractivity contribution in [2.24, 2.45) is 0 Å². The molecule has 0 amide bonds. The monoisotopic (exact) mass is 196 g/mol. The molecule has 1 unspecified atom stereocenters. The van der Waals surface area contributed by atoms with E-state index in [0.29, 0.717) is 0 Å². The molecule has 0 spiro atoms. The Bertz CT molecular complexity index is 309. The highest BCUT2D eigenvalue weighted by Crippen LogP contribution is 2.31. The van der Waals surface area contributed by atoms with Gasteiger partial charge in [0.1, 0.15) is 0 Å². The highest BCUT2D eigenvalue weighted by molar-refractivity contribution is 6.30. The molecule has 0 saturated carbocycles. The molecule has 13 heavy (non-hydrogen) atoms. The molecule has 1 atom stereocenters. The molecule has 1 nitrogen and oxygen atoms in total. The second-order valence-electron chi connectivity index (χ2n) is 3.36. The van der Waals surface area contributed by atoms with Gasteiger partial charge in [0, 0.05) is 5.02 Å². The molecule has 0 fully saturated rings. The van der Waals surface area contributed by atoms with Gasteiger partial charge in [-0.1, -0.05) is 24.6 Å². The lowest BCUT2D eigenvalue weighted by atomic mass is 9.96. The van der Waals surface area contributed by atoms with Crippen LogP contribution in [0.2, 0.25) is 5.02 Å². The molecule has 1 aliphatic rings. The number of hydrogen-bond donors (Lipinski definition) is 0. The van der Waals surface area contributed by atoms with Crippen molar-refractivity contribution in [1.29, 1.82) is 0 Å². The second kappa shape index (κ2) is 3.69. The van der Waals surface area contributed by atoms with E-state index in [0.717, 1.165) is 24.5 Å². The Labute approximate surface area is 83.7 Å². The average molecular weight is 197 g/mol. The molecule has 0 aliphatic carbocycles. The zero-order valence-corrected chi connectivity index (χ0v) is 8.47. The van der Waals surface area contributed by atoms with Crippen LogP contribution in [0.4, 0.5) is 0 Å². The summed E-state index contributed by atoms with van der Waals surface area (Å²) in [5.74, 6) is 0. The minimum absolute atomic E-state index is 0.252. The minimum atomic E-state index is 0.252. The molecular formula is C11H13ClO. The topological polar surface area (TPSA) is 9.23 Å². The Kier molecular flexibility index (Phi) is 2.56. The van der Waals surface area contributed by atoms with E-state index in [9.17, 15) is 0 Å². The van der Waals surface area contributed by atoms with Crippen LogP contribution < -0.4 is 0 Å². The van der Waals surface area contributed by atoms with Crippen LogP contribution in [0.15, 0.2) is 18.2 Å². The van der Waals surface area contributed by atoms with Crippen molar-refractivity contribution in [2.75, 3.05) is 6.61 Å². The van der Waals surface area contributed by atoms with E-state index >= 15 is 0 Å². The van der Waals surface area contributed by atoms with Gasteiger partial charge >= 0.3 is 0 Å². The lowest BCUT2D eigenvalue weighted by Gasteiger charge is -2.25. The summed E-state index contributed by atoms with van der Waals surface area (Å²) in [5.41, 5.74) is 2.67. The summed E-state index contributed by atoms with van der Waals surface area (Å²) in [7, 11) is 0. The molecule has 1 aliphatic heterocycles. The molecule has 2 rings (SSSR count). The molecule has 0 aromatic heterocycles. The first-order valence-corrected chi connectivity index (χ1v) is 5.09. The Morgan fingerprint density at radius 2 is 2.38 bits per heavy atom. The van der Waals surface area contributed by atoms with Gasteiger partial charge in [-0.3, -0.25) is 0 Å². The third-order valence-corrected chi connectivity index (χ3v) is 2.75. The first-order valence-electron chi connectivity index (χ1n) is 4.71. The van der Waals surface area contributed by atoms with Crippen LogP contribution in [-0.4, -0.2) is 6.61 Å². The van der Waals surface area contributed by atoms with E-state index in [2.05, 4.69) is 13.0 Å². The van der Waals surface area contributed by atoms with Crippen molar-refractivity contribution in [3.8, 4) is 0 Å². The van der Waals surface area contributed by atoms with Crippen molar-refractivity contribution in [1.82, 2.24) is 0 Å². The van der Waals surface area contributed by atoms with Gasteiger partial charge in [0.05, 0.1) is 12.7 Å². The van der Waals surface area contributed by atoms with Gasteiger partial charge in [-0.15, -0.1) is 0 Å². The van der Waals surface area contributed by atoms with Gasteiger partial charge in [-0.2, -0.15) is 0 Å². The Hall–Kier alpha value is -0.530. The maximum Gasteiger partial charge on any atom is 0.0825 e. The third kappa shape index (κ3) is 1.72. The molecule has 0 N–H and O–H groups in total. The number of benzene rings is 1. The predicted molar refractivity (Wildman–Crippen MR) is 54.1 cm³/mol. The van der Waals surface area contributed by atoms with E-state index in [4.69, 9.17) is 16.3 Å². The van der Waals surface area contributed by atoms with E-state index in [1.54, 1.807) is 0 Å². The molecule has 70 valence electrons. The summed E-state index contributed by atoms with van der Waals surface area (Å²) in [5, 5.41) is 0.808. The highest BCUT2D eigenvalue weighted by atomic mass is 35.5. The van der Waals surface area contributed by atoms with Crippen LogP contribution in [-0.2, 0) is 11.2 Å². The Balaban J connectivity index is 2.41. The van der Waals surface area contributed by atoms with Crippen LogP contribution >= 0.6 is 11.6 Å². The van der Waals surface area contributed by atoms with Crippen LogP contribution in [0.3, 0.4) is 0 Å². The first kappa shape index (κ1) is 9.04. The minimum Gasteiger partial charge on any atom is -0.373 e. The molecule has 1 aromatic carbocycles. The van der Waals surface area contributed by atoms with E-state index in [-0.39, 0.29) is 6.10 Å². The fourth-order valence-electron chi connectivity index (χ4n) is 1.83. The van der Waals surface area contributed by atoms with Gasteiger partial charge in [-0.05, 0) is 36.1 Å². The van der Waals surface area contributed by atoms with Crippen molar-refractivity contribution in [3.05, 3.63) is 34.3 Å². The van der Waals surface area contributed by atoms with Crippen LogP contribution in [0.25, 0.3) is 0 Å². The largest absolute Gasteiger partial charge is 0.373 e. The third-order valence-electron chi connectivity index (χ3n) is 2.52. The van der Waals surface area contributed by atoms with Crippen molar-refractivity contribution in [2.45, 2.75) is 25.9 Å². The van der Waals surface area contributed by atoms with Gasteiger partial charge in [0.15, 0.2) is 0 Å². The molecule has 0 saturated heterocycles. The summed E-state index contributed by atoms with van der Waals surface area (Å²) in [6.45, 7) is 2.98. The normalized spacial score (nSPS) is 21.2. The van der Waals surface area contributed by atoms with Crippen LogP contribution in [0, 0.1) is 0 Å². The standard InChI is InChI=1S/C11H13ClO/c1-2-11-10-7-9(12)4-3-8(10)5-6-13-11/h3-4,7,11H,2,5-6H2,1H3. The van der Waals surface area contributed by atoms with E-state index in [1.165, 1.54) is 11.1 Å². The number of halogens is 1. The molecule has 1 aromatic rings. The average Bonchev–Trinajstić information content (AvgIpc) is 2.17. The quantitative estimate of drug-likeness (QED) is 0.669. The first-order chi connectivity index (χ1) is 6.31. The van der Waals surface area contributed by atoms with Crippen molar-refractivity contribution in [3.63, 3.8) is 0 Å². The highest BCUT2D eigenvalue weighted by Gasteiger charge is 2.18. The predicted octanol–water partition coefficient (Wildman–Crippen LogP) is 3.36. The maximum atomic E-state index is 5.94. The van der Waals surface area contributed by atoms with Gasteiger partial charge in [0.25, 0.3) is 0 Å². The number of rotatable bonds is 1. The fourth-order valence-corrected chi connectivity index (χ4v) is 2.01. The fraction of sp³-hybridized carbons (Fsp3) is 0.455. The van der Waals surface area contributed by atoms with Gasteiger partial charge < -0.3 is 4.74 Å². The molecule has 2 heteroatoms. The zero-order valence-electron chi connectivity index (χ0n) is 7.72. The summed E-state index contributed by atoms with van der Waals surface area (Å²) in [4.78, 5) is 0. The number of ether oxygens (including phenoxy) is 1.